The molecule has 0 saturated heterocycles. The number of halogens is 1. The van der Waals surface area contributed by atoms with Gasteiger partial charge in [0, 0.05) is 22.8 Å². The highest BCUT2D eigenvalue weighted by Crippen LogP contribution is 2.14. The standard InChI is InChI=1S/C19H24ClN3O2/c1-12(2)5-6-13(3)21-19(25)18-17(24)11-14(4)23(22-18)16-9-7-15(20)8-10-16/h7-13H,5-6H2,1-4H3,(H,21,25). The molecule has 0 aliphatic rings. The molecule has 1 aromatic carbocycles. The van der Waals surface area contributed by atoms with Gasteiger partial charge >= 0.3 is 0 Å². The molecule has 0 aliphatic heterocycles. The van der Waals surface area contributed by atoms with Crippen LogP contribution in [0.3, 0.4) is 0 Å². The molecule has 1 unspecified atom stereocenters. The summed E-state index contributed by atoms with van der Waals surface area (Å²) in [6.45, 7) is 7.99. The molecule has 0 radical (unpaired) electrons. The topological polar surface area (TPSA) is 64.0 Å². The zero-order valence-electron chi connectivity index (χ0n) is 15.0. The van der Waals surface area contributed by atoms with E-state index in [9.17, 15) is 9.59 Å². The Kier molecular flexibility index (Phi) is 6.37. The molecule has 0 fully saturated rings. The maximum atomic E-state index is 12.5. The van der Waals surface area contributed by atoms with Crippen LogP contribution in [0, 0.1) is 12.8 Å². The maximum Gasteiger partial charge on any atom is 0.276 e. The molecule has 0 aliphatic carbocycles. The molecule has 0 bridgehead atoms. The summed E-state index contributed by atoms with van der Waals surface area (Å²) in [4.78, 5) is 24.7. The quantitative estimate of drug-likeness (QED) is 0.852. The van der Waals surface area contributed by atoms with Crippen molar-refractivity contribution < 1.29 is 4.79 Å². The highest BCUT2D eigenvalue weighted by Gasteiger charge is 2.17. The first-order valence-corrected chi connectivity index (χ1v) is 8.83. The molecule has 2 rings (SSSR count). The van der Waals surface area contributed by atoms with Gasteiger partial charge in [0.2, 0.25) is 5.43 Å². The molecule has 25 heavy (non-hydrogen) atoms. The van der Waals surface area contributed by atoms with Crippen molar-refractivity contribution in [3.8, 4) is 5.69 Å². The number of nitrogens with one attached hydrogen (secondary N) is 1. The largest absolute Gasteiger partial charge is 0.348 e. The molecule has 1 amide bonds. The van der Waals surface area contributed by atoms with E-state index < -0.39 is 5.91 Å². The van der Waals surface area contributed by atoms with E-state index in [2.05, 4.69) is 24.3 Å². The predicted molar refractivity (Wildman–Crippen MR) is 101 cm³/mol. The Balaban J connectivity index is 2.26. The minimum Gasteiger partial charge on any atom is -0.348 e. The monoisotopic (exact) mass is 361 g/mol. The number of carbonyl (C=O) groups excluding carboxylic acids is 1. The second-order valence-electron chi connectivity index (χ2n) is 6.73. The Hall–Kier alpha value is -2.14. The van der Waals surface area contributed by atoms with E-state index in [0.717, 1.165) is 18.5 Å². The molecule has 2 aromatic rings. The van der Waals surface area contributed by atoms with Gasteiger partial charge in [0.05, 0.1) is 5.69 Å². The van der Waals surface area contributed by atoms with Gasteiger partial charge in [-0.05, 0) is 56.9 Å². The van der Waals surface area contributed by atoms with Gasteiger partial charge in [-0.2, -0.15) is 5.10 Å². The molecule has 1 atom stereocenters. The minimum absolute atomic E-state index is 0.0126. The Morgan fingerprint density at radius 3 is 2.44 bits per heavy atom. The molecular formula is C19H24ClN3O2. The smallest absolute Gasteiger partial charge is 0.276 e. The summed E-state index contributed by atoms with van der Waals surface area (Å²) >= 11 is 5.91. The van der Waals surface area contributed by atoms with Gasteiger partial charge in [0.25, 0.3) is 5.91 Å². The number of nitrogens with zero attached hydrogens (tertiary/aromatic N) is 2. The first-order valence-electron chi connectivity index (χ1n) is 8.45. The van der Waals surface area contributed by atoms with Crippen molar-refractivity contribution in [2.45, 2.75) is 46.6 Å². The van der Waals surface area contributed by atoms with Crippen molar-refractivity contribution in [1.29, 1.82) is 0 Å². The molecule has 5 nitrogen and oxygen atoms in total. The van der Waals surface area contributed by atoms with E-state index in [1.807, 2.05) is 6.92 Å². The lowest BCUT2D eigenvalue weighted by Crippen LogP contribution is -2.37. The van der Waals surface area contributed by atoms with Gasteiger partial charge < -0.3 is 5.32 Å². The summed E-state index contributed by atoms with van der Waals surface area (Å²) < 4.78 is 1.57. The lowest BCUT2D eigenvalue weighted by Gasteiger charge is -2.16. The molecule has 6 heteroatoms. The van der Waals surface area contributed by atoms with Crippen LogP contribution < -0.4 is 10.7 Å². The van der Waals surface area contributed by atoms with Gasteiger partial charge in [0.1, 0.15) is 0 Å². The zero-order chi connectivity index (χ0) is 18.6. The Morgan fingerprint density at radius 2 is 1.84 bits per heavy atom. The fourth-order valence-corrected chi connectivity index (χ4v) is 2.62. The van der Waals surface area contributed by atoms with Crippen LogP contribution in [0.25, 0.3) is 5.69 Å². The van der Waals surface area contributed by atoms with Crippen molar-refractivity contribution in [1.82, 2.24) is 15.1 Å². The van der Waals surface area contributed by atoms with Crippen LogP contribution >= 0.6 is 11.6 Å². The summed E-state index contributed by atoms with van der Waals surface area (Å²) in [7, 11) is 0. The molecular weight excluding hydrogens is 338 g/mol. The second kappa shape index (κ2) is 8.30. The van der Waals surface area contributed by atoms with Gasteiger partial charge in [-0.25, -0.2) is 4.68 Å². The van der Waals surface area contributed by atoms with Crippen LogP contribution in [-0.2, 0) is 0 Å². The predicted octanol–water partition coefficient (Wildman–Crippen LogP) is 3.75. The second-order valence-corrected chi connectivity index (χ2v) is 7.17. The van der Waals surface area contributed by atoms with Crippen LogP contribution in [0.4, 0.5) is 0 Å². The molecule has 1 N–H and O–H groups in total. The van der Waals surface area contributed by atoms with Crippen LogP contribution in [0.5, 0.6) is 0 Å². The number of amides is 1. The number of hydrogen-bond donors (Lipinski definition) is 1. The Morgan fingerprint density at radius 1 is 1.20 bits per heavy atom. The van der Waals surface area contributed by atoms with E-state index >= 15 is 0 Å². The van der Waals surface area contributed by atoms with Gasteiger partial charge in [-0.15, -0.1) is 0 Å². The molecule has 134 valence electrons. The fourth-order valence-electron chi connectivity index (χ4n) is 2.50. The average Bonchev–Trinajstić information content (AvgIpc) is 2.54. The van der Waals surface area contributed by atoms with Crippen LogP contribution in [-0.4, -0.2) is 21.7 Å². The van der Waals surface area contributed by atoms with Crippen molar-refractivity contribution in [2.75, 3.05) is 0 Å². The lowest BCUT2D eigenvalue weighted by atomic mass is 10.0. The van der Waals surface area contributed by atoms with Gasteiger partial charge in [0.15, 0.2) is 5.69 Å². The van der Waals surface area contributed by atoms with Crippen molar-refractivity contribution >= 4 is 17.5 Å². The number of carbonyl (C=O) groups is 1. The van der Waals surface area contributed by atoms with Crippen molar-refractivity contribution in [2.24, 2.45) is 5.92 Å². The summed E-state index contributed by atoms with van der Waals surface area (Å²) in [5.41, 5.74) is 0.911. The van der Waals surface area contributed by atoms with E-state index in [-0.39, 0.29) is 17.2 Å². The molecule has 0 spiro atoms. The van der Waals surface area contributed by atoms with Gasteiger partial charge in [-0.1, -0.05) is 25.4 Å². The molecule has 1 aromatic heterocycles. The van der Waals surface area contributed by atoms with Gasteiger partial charge in [-0.3, -0.25) is 9.59 Å². The highest BCUT2D eigenvalue weighted by atomic mass is 35.5. The van der Waals surface area contributed by atoms with Crippen molar-refractivity contribution in [3.63, 3.8) is 0 Å². The highest BCUT2D eigenvalue weighted by molar-refractivity contribution is 6.30. The summed E-state index contributed by atoms with van der Waals surface area (Å²) in [6.07, 6.45) is 1.87. The maximum absolute atomic E-state index is 12.5. The zero-order valence-corrected chi connectivity index (χ0v) is 15.8. The summed E-state index contributed by atoms with van der Waals surface area (Å²) in [6, 6.07) is 8.48. The summed E-state index contributed by atoms with van der Waals surface area (Å²) in [5, 5.41) is 7.74. The molecule has 0 saturated carbocycles. The van der Waals surface area contributed by atoms with Crippen LogP contribution in [0.2, 0.25) is 5.02 Å². The van der Waals surface area contributed by atoms with E-state index in [4.69, 9.17) is 11.6 Å². The minimum atomic E-state index is -0.441. The fraction of sp³-hybridized carbons (Fsp3) is 0.421. The van der Waals surface area contributed by atoms with Crippen molar-refractivity contribution in [3.05, 3.63) is 57.0 Å². The number of aryl methyl sites for hydroxylation is 1. The lowest BCUT2D eigenvalue weighted by molar-refractivity contribution is 0.0929. The number of benzene rings is 1. The first-order chi connectivity index (χ1) is 11.8. The number of rotatable bonds is 6. The third-order valence-electron chi connectivity index (χ3n) is 3.95. The molecule has 1 heterocycles. The Bertz CT molecular complexity index is 797. The Labute approximate surface area is 153 Å². The number of hydrogen-bond acceptors (Lipinski definition) is 3. The van der Waals surface area contributed by atoms with E-state index in [1.54, 1.807) is 35.9 Å². The normalized spacial score (nSPS) is 12.2. The third-order valence-corrected chi connectivity index (χ3v) is 4.20. The third kappa shape index (κ3) is 5.16. The summed E-state index contributed by atoms with van der Waals surface area (Å²) in [5.74, 6) is 0.128. The van der Waals surface area contributed by atoms with E-state index in [1.165, 1.54) is 6.07 Å². The van der Waals surface area contributed by atoms with Crippen LogP contribution in [0.1, 0.15) is 49.8 Å². The number of aromatic nitrogens is 2. The average molecular weight is 362 g/mol. The first kappa shape index (κ1) is 19.2. The van der Waals surface area contributed by atoms with E-state index in [0.29, 0.717) is 16.6 Å². The SMILES string of the molecule is Cc1cc(=O)c(C(=O)NC(C)CCC(C)C)nn1-c1ccc(Cl)cc1. The van der Waals surface area contributed by atoms with Crippen LogP contribution in [0.15, 0.2) is 35.1 Å².